The summed E-state index contributed by atoms with van der Waals surface area (Å²) in [6, 6.07) is 2.36. The number of nitrogens with one attached hydrogen (secondary N) is 1. The molecule has 1 N–H and O–H groups in total. The second kappa shape index (κ2) is 6.70. The second-order valence-electron chi connectivity index (χ2n) is 5.61. The smallest absolute Gasteiger partial charge is 0.244 e. The van der Waals surface area contributed by atoms with Gasteiger partial charge in [0.25, 0.3) is 0 Å². The van der Waals surface area contributed by atoms with Crippen molar-refractivity contribution in [2.24, 2.45) is 5.92 Å². The number of hydrogen-bond acceptors (Lipinski definition) is 3. The molecule has 1 unspecified atom stereocenters. The van der Waals surface area contributed by atoms with Gasteiger partial charge >= 0.3 is 0 Å². The molecule has 19 heavy (non-hydrogen) atoms. The Labute approximate surface area is 115 Å². The monoisotopic (exact) mass is 264 g/mol. The van der Waals surface area contributed by atoms with E-state index in [1.165, 1.54) is 6.42 Å². The summed E-state index contributed by atoms with van der Waals surface area (Å²) in [6.45, 7) is 7.44. The van der Waals surface area contributed by atoms with Crippen molar-refractivity contribution in [3.8, 4) is 0 Å². The van der Waals surface area contributed by atoms with E-state index in [1.807, 2.05) is 17.2 Å². The number of nitrogens with zero attached hydrogens (tertiary/aromatic N) is 3. The van der Waals surface area contributed by atoms with Gasteiger partial charge in [-0.2, -0.15) is 5.10 Å². The van der Waals surface area contributed by atoms with Crippen LogP contribution in [0, 0.1) is 5.92 Å². The predicted octanol–water partition coefficient (Wildman–Crippen LogP) is 1.12. The van der Waals surface area contributed by atoms with E-state index in [9.17, 15) is 4.79 Å². The minimum absolute atomic E-state index is 0.179. The van der Waals surface area contributed by atoms with E-state index in [4.69, 9.17) is 0 Å². The summed E-state index contributed by atoms with van der Waals surface area (Å²) >= 11 is 0. The Morgan fingerprint density at radius 3 is 3.05 bits per heavy atom. The minimum Gasteiger partial charge on any atom is -0.341 e. The molecule has 0 spiro atoms. The predicted molar refractivity (Wildman–Crippen MR) is 74.7 cm³/mol. The van der Waals surface area contributed by atoms with Crippen molar-refractivity contribution >= 4 is 5.91 Å². The van der Waals surface area contributed by atoms with Crippen LogP contribution in [0.25, 0.3) is 0 Å². The van der Waals surface area contributed by atoms with Gasteiger partial charge in [-0.05, 0) is 31.4 Å². The Kier molecular flexibility index (Phi) is 4.96. The van der Waals surface area contributed by atoms with Crippen LogP contribution in [0.3, 0.4) is 0 Å². The van der Waals surface area contributed by atoms with Gasteiger partial charge in [-0.15, -0.1) is 0 Å². The lowest BCUT2D eigenvalue weighted by molar-refractivity contribution is -0.133. The Morgan fingerprint density at radius 1 is 1.53 bits per heavy atom. The first-order valence-electron chi connectivity index (χ1n) is 7.13. The van der Waals surface area contributed by atoms with Crippen molar-refractivity contribution in [1.29, 1.82) is 0 Å². The third-order valence-corrected chi connectivity index (χ3v) is 3.54. The van der Waals surface area contributed by atoms with E-state index in [-0.39, 0.29) is 5.91 Å². The molecule has 1 fully saturated rings. The van der Waals surface area contributed by atoms with Crippen molar-refractivity contribution in [3.05, 3.63) is 18.5 Å². The van der Waals surface area contributed by atoms with Crippen molar-refractivity contribution in [3.63, 3.8) is 0 Å². The van der Waals surface area contributed by atoms with Crippen LogP contribution in [-0.4, -0.2) is 46.3 Å². The van der Waals surface area contributed by atoms with Crippen LogP contribution in [0.1, 0.15) is 26.7 Å². The molecule has 5 nitrogen and oxygen atoms in total. The Hall–Kier alpha value is -1.36. The molecule has 0 saturated carbocycles. The van der Waals surface area contributed by atoms with Gasteiger partial charge < -0.3 is 10.2 Å². The molecule has 1 aliphatic rings. The molecular weight excluding hydrogens is 240 g/mol. The quantitative estimate of drug-likeness (QED) is 0.867. The lowest BCUT2D eigenvalue weighted by Gasteiger charge is -2.33. The lowest BCUT2D eigenvalue weighted by Crippen LogP contribution is -2.44. The molecule has 1 aliphatic heterocycles. The highest BCUT2D eigenvalue weighted by Gasteiger charge is 2.23. The number of piperidine rings is 1. The van der Waals surface area contributed by atoms with Crippen LogP contribution in [0.15, 0.2) is 18.5 Å². The standard InChI is InChI=1S/C14H24N4O/c1-12(2)15-9-13-5-3-7-17(10-13)14(19)11-18-8-4-6-16-18/h4,6,8,12-13,15H,3,5,7,9-11H2,1-2H3. The van der Waals surface area contributed by atoms with Crippen molar-refractivity contribution in [1.82, 2.24) is 20.0 Å². The van der Waals surface area contributed by atoms with Gasteiger partial charge in [-0.25, -0.2) is 0 Å². The topological polar surface area (TPSA) is 50.2 Å². The molecule has 2 rings (SSSR count). The van der Waals surface area contributed by atoms with Gasteiger partial charge in [0.1, 0.15) is 6.54 Å². The number of likely N-dealkylation sites (tertiary alicyclic amines) is 1. The van der Waals surface area contributed by atoms with Gasteiger partial charge in [0.2, 0.25) is 5.91 Å². The maximum absolute atomic E-state index is 12.2. The first kappa shape index (κ1) is 14.1. The third-order valence-electron chi connectivity index (χ3n) is 3.54. The molecule has 0 aliphatic carbocycles. The van der Waals surface area contributed by atoms with Crippen molar-refractivity contribution in [2.75, 3.05) is 19.6 Å². The van der Waals surface area contributed by atoms with E-state index < -0.39 is 0 Å². The average Bonchev–Trinajstić information content (AvgIpc) is 2.89. The van der Waals surface area contributed by atoms with Gasteiger partial charge in [0.15, 0.2) is 0 Å². The van der Waals surface area contributed by atoms with E-state index in [0.717, 1.165) is 26.1 Å². The molecular formula is C14H24N4O. The molecule has 0 aromatic carbocycles. The molecule has 1 atom stereocenters. The lowest BCUT2D eigenvalue weighted by atomic mass is 9.97. The first-order chi connectivity index (χ1) is 9.15. The number of carbonyl (C=O) groups excluding carboxylic acids is 1. The normalized spacial score (nSPS) is 19.9. The number of rotatable bonds is 5. The summed E-state index contributed by atoms with van der Waals surface area (Å²) in [7, 11) is 0. The highest BCUT2D eigenvalue weighted by molar-refractivity contribution is 5.76. The Morgan fingerprint density at radius 2 is 2.37 bits per heavy atom. The number of hydrogen-bond donors (Lipinski definition) is 1. The highest BCUT2D eigenvalue weighted by atomic mass is 16.2. The largest absolute Gasteiger partial charge is 0.341 e. The zero-order valence-electron chi connectivity index (χ0n) is 11.9. The molecule has 0 radical (unpaired) electrons. The highest BCUT2D eigenvalue weighted by Crippen LogP contribution is 2.16. The molecule has 1 aromatic rings. The van der Waals surface area contributed by atoms with Crippen LogP contribution < -0.4 is 5.32 Å². The van der Waals surface area contributed by atoms with Crippen molar-refractivity contribution < 1.29 is 4.79 Å². The van der Waals surface area contributed by atoms with Crippen LogP contribution >= 0.6 is 0 Å². The maximum Gasteiger partial charge on any atom is 0.244 e. The zero-order chi connectivity index (χ0) is 13.7. The van der Waals surface area contributed by atoms with Gasteiger partial charge in [-0.3, -0.25) is 9.48 Å². The molecule has 106 valence electrons. The van der Waals surface area contributed by atoms with Crippen LogP contribution in [0.2, 0.25) is 0 Å². The van der Waals surface area contributed by atoms with E-state index in [0.29, 0.717) is 18.5 Å². The zero-order valence-corrected chi connectivity index (χ0v) is 11.9. The molecule has 1 amide bonds. The van der Waals surface area contributed by atoms with Crippen LogP contribution in [0.5, 0.6) is 0 Å². The van der Waals surface area contributed by atoms with Crippen LogP contribution in [-0.2, 0) is 11.3 Å². The van der Waals surface area contributed by atoms with E-state index in [2.05, 4.69) is 24.3 Å². The summed E-state index contributed by atoms with van der Waals surface area (Å²) < 4.78 is 1.69. The SMILES string of the molecule is CC(C)NCC1CCCN(C(=O)Cn2cccn2)C1. The fraction of sp³-hybridized carbons (Fsp3) is 0.714. The van der Waals surface area contributed by atoms with Gasteiger partial charge in [-0.1, -0.05) is 13.8 Å². The molecule has 2 heterocycles. The van der Waals surface area contributed by atoms with Gasteiger partial charge in [0.05, 0.1) is 0 Å². The third kappa shape index (κ3) is 4.35. The number of amides is 1. The van der Waals surface area contributed by atoms with Gasteiger partial charge in [0, 0.05) is 31.5 Å². The Balaban J connectivity index is 1.81. The summed E-state index contributed by atoms with van der Waals surface area (Å²) in [4.78, 5) is 14.2. The summed E-state index contributed by atoms with van der Waals surface area (Å²) in [6.07, 6.45) is 5.86. The number of aromatic nitrogens is 2. The number of carbonyl (C=O) groups is 1. The summed E-state index contributed by atoms with van der Waals surface area (Å²) in [5.74, 6) is 0.760. The molecule has 0 bridgehead atoms. The maximum atomic E-state index is 12.2. The van der Waals surface area contributed by atoms with E-state index in [1.54, 1.807) is 10.9 Å². The molecule has 1 saturated heterocycles. The fourth-order valence-corrected chi connectivity index (χ4v) is 2.49. The second-order valence-corrected chi connectivity index (χ2v) is 5.61. The van der Waals surface area contributed by atoms with Crippen molar-refractivity contribution in [2.45, 2.75) is 39.3 Å². The van der Waals surface area contributed by atoms with Crippen LogP contribution in [0.4, 0.5) is 0 Å². The van der Waals surface area contributed by atoms with E-state index >= 15 is 0 Å². The molecule has 1 aromatic heterocycles. The first-order valence-corrected chi connectivity index (χ1v) is 7.13. The average molecular weight is 264 g/mol. The molecule has 5 heteroatoms. The summed E-state index contributed by atoms with van der Waals surface area (Å²) in [5, 5.41) is 7.55. The summed E-state index contributed by atoms with van der Waals surface area (Å²) in [5.41, 5.74) is 0. The minimum atomic E-state index is 0.179. The Bertz CT molecular complexity index is 388. The fourth-order valence-electron chi connectivity index (χ4n) is 2.49.